The van der Waals surface area contributed by atoms with Crippen molar-refractivity contribution in [2.75, 3.05) is 25.4 Å². The Morgan fingerprint density at radius 2 is 2.11 bits per heavy atom. The zero-order chi connectivity index (χ0) is 13.2. The number of nitrogens with two attached hydrogens (primary N) is 1. The molecule has 1 aromatic rings. The Morgan fingerprint density at radius 3 is 2.61 bits per heavy atom. The van der Waals surface area contributed by atoms with Crippen molar-refractivity contribution in [3.8, 4) is 0 Å². The minimum absolute atomic E-state index is 0.244. The molecule has 0 atom stereocenters. The maximum atomic E-state index is 10.2. The predicted octanol–water partition coefficient (Wildman–Crippen LogP) is 1.62. The van der Waals surface area contributed by atoms with Crippen LogP contribution in [0.25, 0.3) is 0 Å². The van der Waals surface area contributed by atoms with E-state index < -0.39 is 5.69 Å². The molecule has 2 heterocycles. The van der Waals surface area contributed by atoms with E-state index in [1.54, 1.807) is 0 Å². The molecule has 0 bridgehead atoms. The maximum absolute atomic E-state index is 10.2. The van der Waals surface area contributed by atoms with Gasteiger partial charge in [-0.25, -0.2) is 4.79 Å². The van der Waals surface area contributed by atoms with Gasteiger partial charge in [-0.2, -0.15) is 4.98 Å². The average Bonchev–Trinajstić information content (AvgIpc) is 2.83. The van der Waals surface area contributed by atoms with Crippen LogP contribution in [0.1, 0.15) is 39.0 Å². The lowest BCUT2D eigenvalue weighted by atomic mass is 10.2. The molecule has 0 aliphatic carbocycles. The van der Waals surface area contributed by atoms with Crippen LogP contribution < -0.4 is 11.4 Å². The van der Waals surface area contributed by atoms with Gasteiger partial charge in [0.2, 0.25) is 0 Å². The lowest BCUT2D eigenvalue weighted by Crippen LogP contribution is -2.20. The van der Waals surface area contributed by atoms with Crippen LogP contribution in [-0.4, -0.2) is 34.5 Å². The highest BCUT2D eigenvalue weighted by Gasteiger charge is 2.09. The van der Waals surface area contributed by atoms with Crippen LogP contribution in [0.2, 0.25) is 0 Å². The Kier molecular flexibility index (Phi) is 7.10. The number of hydrogen-bond donors (Lipinski definition) is 2. The second kappa shape index (κ2) is 8.69. The van der Waals surface area contributed by atoms with Crippen molar-refractivity contribution in [2.45, 2.75) is 39.0 Å². The number of anilines is 1. The van der Waals surface area contributed by atoms with Crippen molar-refractivity contribution >= 4 is 5.82 Å². The maximum Gasteiger partial charge on any atom is 0.346 e. The van der Waals surface area contributed by atoms with Crippen LogP contribution in [0.4, 0.5) is 5.82 Å². The van der Waals surface area contributed by atoms with Gasteiger partial charge in [0.05, 0.1) is 0 Å². The summed E-state index contributed by atoms with van der Waals surface area (Å²) in [6.07, 6.45) is 8.50. The molecular formula is C13H24N4O. The van der Waals surface area contributed by atoms with Gasteiger partial charge in [-0.3, -0.25) is 0 Å². The SMILES string of the molecule is CCCCCN1CCCC1.Nc1cc[nH]c(=O)n1. The second-order valence-corrected chi connectivity index (χ2v) is 4.58. The molecule has 0 spiro atoms. The number of hydrogen-bond acceptors (Lipinski definition) is 4. The number of aromatic amines is 1. The van der Waals surface area contributed by atoms with Gasteiger partial charge in [0, 0.05) is 6.20 Å². The van der Waals surface area contributed by atoms with Gasteiger partial charge >= 0.3 is 5.69 Å². The Labute approximate surface area is 108 Å². The van der Waals surface area contributed by atoms with E-state index in [0.29, 0.717) is 0 Å². The van der Waals surface area contributed by atoms with E-state index in [9.17, 15) is 4.79 Å². The Morgan fingerprint density at radius 1 is 1.39 bits per heavy atom. The van der Waals surface area contributed by atoms with E-state index in [2.05, 4.69) is 21.8 Å². The first-order chi connectivity index (χ1) is 8.72. The number of H-pyrrole nitrogens is 1. The van der Waals surface area contributed by atoms with Gasteiger partial charge in [-0.05, 0) is 45.0 Å². The summed E-state index contributed by atoms with van der Waals surface area (Å²) >= 11 is 0. The summed E-state index contributed by atoms with van der Waals surface area (Å²) in [5.74, 6) is 0.244. The molecule has 1 saturated heterocycles. The van der Waals surface area contributed by atoms with E-state index in [0.717, 1.165) is 0 Å². The lowest BCUT2D eigenvalue weighted by molar-refractivity contribution is 0.329. The molecule has 102 valence electrons. The third kappa shape index (κ3) is 6.39. The molecule has 0 amide bonds. The number of nitrogen functional groups attached to an aromatic ring is 1. The smallest absolute Gasteiger partial charge is 0.346 e. The topological polar surface area (TPSA) is 75.0 Å². The van der Waals surface area contributed by atoms with Crippen molar-refractivity contribution in [3.63, 3.8) is 0 Å². The first-order valence-electron chi connectivity index (χ1n) is 6.76. The third-order valence-electron chi connectivity index (χ3n) is 2.97. The second-order valence-electron chi connectivity index (χ2n) is 4.58. The summed E-state index contributed by atoms with van der Waals surface area (Å²) in [6, 6.07) is 1.52. The minimum atomic E-state index is -0.412. The Balaban J connectivity index is 0.000000184. The molecule has 5 nitrogen and oxygen atoms in total. The molecular weight excluding hydrogens is 228 g/mol. The Hall–Kier alpha value is -1.36. The van der Waals surface area contributed by atoms with Crippen LogP contribution in [0.5, 0.6) is 0 Å². The van der Waals surface area contributed by atoms with Crippen LogP contribution >= 0.6 is 0 Å². The molecule has 18 heavy (non-hydrogen) atoms. The molecule has 0 aromatic carbocycles. The quantitative estimate of drug-likeness (QED) is 0.799. The van der Waals surface area contributed by atoms with Crippen molar-refractivity contribution in [1.29, 1.82) is 0 Å². The fourth-order valence-corrected chi connectivity index (χ4v) is 1.98. The molecule has 1 aromatic heterocycles. The van der Waals surface area contributed by atoms with Crippen molar-refractivity contribution in [1.82, 2.24) is 14.9 Å². The van der Waals surface area contributed by atoms with Gasteiger partial charge in [-0.1, -0.05) is 19.8 Å². The van der Waals surface area contributed by atoms with E-state index >= 15 is 0 Å². The zero-order valence-electron chi connectivity index (χ0n) is 11.2. The van der Waals surface area contributed by atoms with E-state index in [1.807, 2.05) is 0 Å². The minimum Gasteiger partial charge on any atom is -0.383 e. The van der Waals surface area contributed by atoms with Crippen LogP contribution in [0.3, 0.4) is 0 Å². The molecule has 5 heteroatoms. The molecule has 0 saturated carbocycles. The highest BCUT2D eigenvalue weighted by Crippen LogP contribution is 2.08. The largest absolute Gasteiger partial charge is 0.383 e. The molecule has 3 N–H and O–H groups in total. The van der Waals surface area contributed by atoms with E-state index in [-0.39, 0.29) is 5.82 Å². The molecule has 2 rings (SSSR count). The van der Waals surface area contributed by atoms with Gasteiger partial charge < -0.3 is 15.6 Å². The normalized spacial score (nSPS) is 15.2. The van der Waals surface area contributed by atoms with Crippen LogP contribution in [0, 0.1) is 0 Å². The summed E-state index contributed by atoms with van der Waals surface area (Å²) in [5.41, 5.74) is 4.72. The van der Waals surface area contributed by atoms with Crippen molar-refractivity contribution in [3.05, 3.63) is 22.7 Å². The number of likely N-dealkylation sites (tertiary alicyclic amines) is 1. The van der Waals surface area contributed by atoms with Crippen LogP contribution in [0.15, 0.2) is 17.1 Å². The average molecular weight is 252 g/mol. The van der Waals surface area contributed by atoms with Crippen LogP contribution in [-0.2, 0) is 0 Å². The first-order valence-corrected chi connectivity index (χ1v) is 6.76. The van der Waals surface area contributed by atoms with Gasteiger partial charge in [-0.15, -0.1) is 0 Å². The van der Waals surface area contributed by atoms with Crippen molar-refractivity contribution in [2.24, 2.45) is 0 Å². The fraction of sp³-hybridized carbons (Fsp3) is 0.692. The first kappa shape index (κ1) is 14.7. The zero-order valence-corrected chi connectivity index (χ0v) is 11.2. The molecule has 1 aliphatic rings. The highest BCUT2D eigenvalue weighted by molar-refractivity contribution is 5.22. The monoisotopic (exact) mass is 252 g/mol. The van der Waals surface area contributed by atoms with Gasteiger partial charge in [0.1, 0.15) is 5.82 Å². The summed E-state index contributed by atoms with van der Waals surface area (Å²) in [5, 5.41) is 0. The van der Waals surface area contributed by atoms with E-state index in [4.69, 9.17) is 5.73 Å². The van der Waals surface area contributed by atoms with E-state index in [1.165, 1.54) is 64.0 Å². The van der Waals surface area contributed by atoms with Gasteiger partial charge in [0.15, 0.2) is 0 Å². The number of unbranched alkanes of at least 4 members (excludes halogenated alkanes) is 2. The summed E-state index contributed by atoms with van der Waals surface area (Å²) in [7, 11) is 0. The number of rotatable bonds is 4. The highest BCUT2D eigenvalue weighted by atomic mass is 16.1. The number of aromatic nitrogens is 2. The summed E-state index contributed by atoms with van der Waals surface area (Å²) in [4.78, 5) is 18.5. The number of nitrogens with one attached hydrogen (secondary N) is 1. The number of nitrogens with zero attached hydrogens (tertiary/aromatic N) is 2. The van der Waals surface area contributed by atoms with Gasteiger partial charge in [0.25, 0.3) is 0 Å². The summed E-state index contributed by atoms with van der Waals surface area (Å²) < 4.78 is 0. The Bertz CT molecular complexity index is 371. The fourth-order valence-electron chi connectivity index (χ4n) is 1.98. The molecule has 0 radical (unpaired) electrons. The molecule has 1 aliphatic heterocycles. The molecule has 0 unspecified atom stereocenters. The third-order valence-corrected chi connectivity index (χ3v) is 2.97. The standard InChI is InChI=1S/C9H19N.C4H5N3O/c1-2-3-4-7-10-8-5-6-9-10;5-3-1-2-6-4(8)7-3/h2-9H2,1H3;1-2H,(H3,5,6,7,8). The van der Waals surface area contributed by atoms with Crippen molar-refractivity contribution < 1.29 is 0 Å². The molecule has 1 fully saturated rings. The summed E-state index contributed by atoms with van der Waals surface area (Å²) in [6.45, 7) is 6.35. The lowest BCUT2D eigenvalue weighted by Gasteiger charge is -2.12. The predicted molar refractivity (Wildman–Crippen MR) is 74.5 cm³/mol.